The molecule has 1 N–H and O–H groups in total. The Kier molecular flexibility index (Phi) is 6.98. The standard InChI is InChI=1S/C14H27N3O/c1-5-17-14(10-13(4)16-17)11-15-7-9-18-8-6-12(2)3/h10,12,15H,5-9,11H2,1-4H3. The highest BCUT2D eigenvalue weighted by Crippen LogP contribution is 2.03. The molecule has 18 heavy (non-hydrogen) atoms. The summed E-state index contributed by atoms with van der Waals surface area (Å²) in [6, 6.07) is 2.14. The topological polar surface area (TPSA) is 39.1 Å². The van der Waals surface area contributed by atoms with E-state index in [2.05, 4.69) is 37.3 Å². The summed E-state index contributed by atoms with van der Waals surface area (Å²) < 4.78 is 7.60. The Bertz CT molecular complexity index is 334. The molecule has 0 saturated carbocycles. The van der Waals surface area contributed by atoms with Crippen molar-refractivity contribution in [1.29, 1.82) is 0 Å². The number of hydrogen-bond donors (Lipinski definition) is 1. The van der Waals surface area contributed by atoms with E-state index >= 15 is 0 Å². The molecule has 1 heterocycles. The first-order chi connectivity index (χ1) is 8.63. The quantitative estimate of drug-likeness (QED) is 0.687. The van der Waals surface area contributed by atoms with Gasteiger partial charge in [-0.25, -0.2) is 0 Å². The molecule has 0 amide bonds. The first-order valence-electron chi connectivity index (χ1n) is 6.95. The van der Waals surface area contributed by atoms with Crippen LogP contribution in [0.2, 0.25) is 0 Å². The number of aromatic nitrogens is 2. The lowest BCUT2D eigenvalue weighted by Gasteiger charge is -2.08. The van der Waals surface area contributed by atoms with Crippen molar-refractivity contribution in [1.82, 2.24) is 15.1 Å². The lowest BCUT2D eigenvalue weighted by Crippen LogP contribution is -2.21. The van der Waals surface area contributed by atoms with Crippen LogP contribution in [0.15, 0.2) is 6.07 Å². The van der Waals surface area contributed by atoms with E-state index in [1.54, 1.807) is 0 Å². The summed E-state index contributed by atoms with van der Waals surface area (Å²) in [6.45, 7) is 12.9. The van der Waals surface area contributed by atoms with Gasteiger partial charge in [0.05, 0.1) is 18.0 Å². The van der Waals surface area contributed by atoms with Crippen LogP contribution in [0.3, 0.4) is 0 Å². The molecule has 0 unspecified atom stereocenters. The minimum atomic E-state index is 0.722. The molecule has 0 spiro atoms. The van der Waals surface area contributed by atoms with Gasteiger partial charge in [-0.05, 0) is 32.3 Å². The highest BCUT2D eigenvalue weighted by molar-refractivity contribution is 5.08. The molecule has 4 heteroatoms. The molecule has 0 atom stereocenters. The van der Waals surface area contributed by atoms with E-state index in [9.17, 15) is 0 Å². The van der Waals surface area contributed by atoms with Crippen LogP contribution in [-0.4, -0.2) is 29.5 Å². The van der Waals surface area contributed by atoms with Crippen LogP contribution >= 0.6 is 0 Å². The minimum Gasteiger partial charge on any atom is -0.380 e. The third kappa shape index (κ3) is 5.65. The summed E-state index contributed by atoms with van der Waals surface area (Å²) in [5.74, 6) is 0.722. The van der Waals surface area contributed by atoms with Gasteiger partial charge in [0, 0.05) is 26.2 Å². The monoisotopic (exact) mass is 253 g/mol. The predicted octanol–water partition coefficient (Wildman–Crippen LogP) is 2.36. The van der Waals surface area contributed by atoms with E-state index in [0.29, 0.717) is 0 Å². The Labute approximate surface area is 111 Å². The number of hydrogen-bond acceptors (Lipinski definition) is 3. The normalized spacial score (nSPS) is 11.4. The van der Waals surface area contributed by atoms with Gasteiger partial charge >= 0.3 is 0 Å². The lowest BCUT2D eigenvalue weighted by molar-refractivity contribution is 0.125. The predicted molar refractivity (Wildman–Crippen MR) is 74.6 cm³/mol. The zero-order valence-corrected chi connectivity index (χ0v) is 12.2. The zero-order valence-electron chi connectivity index (χ0n) is 12.2. The van der Waals surface area contributed by atoms with E-state index < -0.39 is 0 Å². The van der Waals surface area contributed by atoms with Gasteiger partial charge in [0.25, 0.3) is 0 Å². The Hall–Kier alpha value is -0.870. The van der Waals surface area contributed by atoms with Gasteiger partial charge in [-0.1, -0.05) is 13.8 Å². The average molecular weight is 253 g/mol. The van der Waals surface area contributed by atoms with Gasteiger partial charge in [0.15, 0.2) is 0 Å². The molecule has 0 saturated heterocycles. The number of nitrogens with zero attached hydrogens (tertiary/aromatic N) is 2. The van der Waals surface area contributed by atoms with Gasteiger partial charge in [0.1, 0.15) is 0 Å². The fourth-order valence-electron chi connectivity index (χ4n) is 1.80. The highest BCUT2D eigenvalue weighted by atomic mass is 16.5. The number of rotatable bonds is 9. The number of ether oxygens (including phenoxy) is 1. The van der Waals surface area contributed by atoms with Crippen LogP contribution in [0.1, 0.15) is 38.6 Å². The Morgan fingerprint density at radius 1 is 1.39 bits per heavy atom. The summed E-state index contributed by atoms with van der Waals surface area (Å²) in [7, 11) is 0. The largest absolute Gasteiger partial charge is 0.380 e. The molecule has 1 aromatic heterocycles. The van der Waals surface area contributed by atoms with E-state index in [-0.39, 0.29) is 0 Å². The Balaban J connectivity index is 2.10. The first-order valence-corrected chi connectivity index (χ1v) is 6.95. The van der Waals surface area contributed by atoms with Crippen molar-refractivity contribution in [3.8, 4) is 0 Å². The van der Waals surface area contributed by atoms with Crippen molar-refractivity contribution in [2.75, 3.05) is 19.8 Å². The summed E-state index contributed by atoms with van der Waals surface area (Å²) in [5, 5.41) is 7.81. The molecule has 0 radical (unpaired) electrons. The summed E-state index contributed by atoms with van der Waals surface area (Å²) in [4.78, 5) is 0. The average Bonchev–Trinajstić information content (AvgIpc) is 2.68. The Morgan fingerprint density at radius 2 is 2.17 bits per heavy atom. The van der Waals surface area contributed by atoms with Crippen LogP contribution in [-0.2, 0) is 17.8 Å². The van der Waals surface area contributed by atoms with Gasteiger partial charge < -0.3 is 10.1 Å². The molecule has 1 aromatic rings. The van der Waals surface area contributed by atoms with Crippen molar-refractivity contribution in [3.63, 3.8) is 0 Å². The Morgan fingerprint density at radius 3 is 2.83 bits per heavy atom. The molecule has 1 rings (SSSR count). The van der Waals surface area contributed by atoms with Gasteiger partial charge in [-0.15, -0.1) is 0 Å². The smallest absolute Gasteiger partial charge is 0.0597 e. The van der Waals surface area contributed by atoms with E-state index in [1.807, 2.05) is 11.6 Å². The molecule has 0 aliphatic carbocycles. The summed E-state index contributed by atoms with van der Waals surface area (Å²) in [6.07, 6.45) is 1.14. The van der Waals surface area contributed by atoms with Crippen molar-refractivity contribution >= 4 is 0 Å². The van der Waals surface area contributed by atoms with Crippen LogP contribution in [0, 0.1) is 12.8 Å². The van der Waals surface area contributed by atoms with Crippen molar-refractivity contribution < 1.29 is 4.74 Å². The number of aryl methyl sites for hydroxylation is 2. The van der Waals surface area contributed by atoms with Gasteiger partial charge in [0.2, 0.25) is 0 Å². The lowest BCUT2D eigenvalue weighted by atomic mass is 10.1. The van der Waals surface area contributed by atoms with Crippen molar-refractivity contribution in [3.05, 3.63) is 17.5 Å². The maximum absolute atomic E-state index is 5.56. The van der Waals surface area contributed by atoms with Crippen molar-refractivity contribution in [2.24, 2.45) is 5.92 Å². The van der Waals surface area contributed by atoms with Crippen LogP contribution < -0.4 is 5.32 Å². The first kappa shape index (κ1) is 15.2. The molecule has 0 fully saturated rings. The van der Waals surface area contributed by atoms with Gasteiger partial charge in [-0.3, -0.25) is 4.68 Å². The fourth-order valence-corrected chi connectivity index (χ4v) is 1.80. The molecule has 0 bridgehead atoms. The second kappa shape index (κ2) is 8.27. The second-order valence-electron chi connectivity index (χ2n) is 5.06. The number of nitrogens with one attached hydrogen (secondary N) is 1. The third-order valence-corrected chi connectivity index (χ3v) is 2.85. The maximum atomic E-state index is 5.56. The SMILES string of the molecule is CCn1nc(C)cc1CNCCOCCC(C)C. The summed E-state index contributed by atoms with van der Waals surface area (Å²) in [5.41, 5.74) is 2.33. The highest BCUT2D eigenvalue weighted by Gasteiger charge is 2.02. The molecular formula is C14H27N3O. The third-order valence-electron chi connectivity index (χ3n) is 2.85. The second-order valence-corrected chi connectivity index (χ2v) is 5.06. The fraction of sp³-hybridized carbons (Fsp3) is 0.786. The molecule has 0 aromatic carbocycles. The van der Waals surface area contributed by atoms with Crippen molar-refractivity contribution in [2.45, 2.75) is 47.2 Å². The maximum Gasteiger partial charge on any atom is 0.0597 e. The minimum absolute atomic E-state index is 0.722. The van der Waals surface area contributed by atoms with Crippen LogP contribution in [0.4, 0.5) is 0 Å². The molecule has 0 aliphatic heterocycles. The molecule has 4 nitrogen and oxygen atoms in total. The molecule has 104 valence electrons. The van der Waals surface area contributed by atoms with E-state index in [1.165, 1.54) is 5.69 Å². The zero-order chi connectivity index (χ0) is 13.4. The van der Waals surface area contributed by atoms with E-state index in [4.69, 9.17) is 4.74 Å². The molecule has 0 aliphatic rings. The van der Waals surface area contributed by atoms with Gasteiger partial charge in [-0.2, -0.15) is 5.10 Å². The van der Waals surface area contributed by atoms with E-state index in [0.717, 1.165) is 50.9 Å². The van der Waals surface area contributed by atoms with Crippen LogP contribution in [0.25, 0.3) is 0 Å². The molecular weight excluding hydrogens is 226 g/mol. The summed E-state index contributed by atoms with van der Waals surface area (Å²) >= 11 is 0. The van der Waals surface area contributed by atoms with Crippen LogP contribution in [0.5, 0.6) is 0 Å².